The molecule has 6 nitrogen and oxygen atoms in total. The van der Waals surface area contributed by atoms with E-state index in [9.17, 15) is 13.2 Å². The summed E-state index contributed by atoms with van der Waals surface area (Å²) < 4.78 is 24.6. The highest BCUT2D eigenvalue weighted by atomic mass is 32.2. The Morgan fingerprint density at radius 2 is 1.66 bits per heavy atom. The zero-order chi connectivity index (χ0) is 24.6. The number of piperidine rings is 1. The van der Waals surface area contributed by atoms with Gasteiger partial charge in [-0.15, -0.1) is 0 Å². The van der Waals surface area contributed by atoms with Crippen LogP contribution in [0, 0.1) is 11.8 Å². The minimum absolute atomic E-state index is 0.0815. The minimum Gasteiger partial charge on any atom is -0.372 e. The summed E-state index contributed by atoms with van der Waals surface area (Å²) in [6, 6.07) is 18.9. The summed E-state index contributed by atoms with van der Waals surface area (Å²) in [7, 11) is -3.08. The summed E-state index contributed by atoms with van der Waals surface area (Å²) in [6.07, 6.45) is 3.49. The Morgan fingerprint density at radius 1 is 1.00 bits per heavy atom. The first-order chi connectivity index (χ1) is 16.8. The number of nitrogens with zero attached hydrogens (tertiary/aromatic N) is 3. The molecule has 35 heavy (non-hydrogen) atoms. The number of carbonyl (C=O) groups is 1. The van der Waals surface area contributed by atoms with Crippen molar-refractivity contribution in [3.05, 3.63) is 60.2 Å². The van der Waals surface area contributed by atoms with Crippen molar-refractivity contribution in [3.8, 4) is 0 Å². The first-order valence-electron chi connectivity index (χ1n) is 12.5. The Labute approximate surface area is 212 Å². The lowest BCUT2D eigenvalue weighted by atomic mass is 9.90. The molecule has 2 aromatic rings. The quantitative estimate of drug-likeness (QED) is 0.593. The minimum atomic E-state index is -3.08. The van der Waals surface area contributed by atoms with Gasteiger partial charge >= 0.3 is 0 Å². The molecular weight excluding hydrogens is 478 g/mol. The number of sulfone groups is 1. The number of amidine groups is 1. The molecule has 3 aliphatic heterocycles. The molecule has 2 aromatic carbocycles. The number of hydrogen-bond acceptors (Lipinski definition) is 5. The highest BCUT2D eigenvalue weighted by Crippen LogP contribution is 2.41. The van der Waals surface area contributed by atoms with Gasteiger partial charge < -0.3 is 9.80 Å². The molecule has 0 radical (unpaired) electrons. The van der Waals surface area contributed by atoms with E-state index >= 15 is 0 Å². The molecule has 3 fully saturated rings. The number of aliphatic imine (C=N–C) groups is 1. The summed E-state index contributed by atoms with van der Waals surface area (Å²) >= 11 is 1.43. The van der Waals surface area contributed by atoms with Crippen LogP contribution < -0.4 is 9.80 Å². The van der Waals surface area contributed by atoms with Gasteiger partial charge in [-0.2, -0.15) is 4.99 Å². The Morgan fingerprint density at radius 3 is 2.31 bits per heavy atom. The van der Waals surface area contributed by atoms with Crippen molar-refractivity contribution in [1.29, 1.82) is 0 Å². The van der Waals surface area contributed by atoms with E-state index in [-0.39, 0.29) is 34.6 Å². The molecular formula is C27H33N3O3S2. The molecule has 0 aromatic heterocycles. The van der Waals surface area contributed by atoms with Gasteiger partial charge in [0.2, 0.25) is 0 Å². The lowest BCUT2D eigenvalue weighted by molar-refractivity contribution is -0.120. The van der Waals surface area contributed by atoms with Crippen molar-refractivity contribution in [1.82, 2.24) is 0 Å². The van der Waals surface area contributed by atoms with E-state index in [0.717, 1.165) is 25.2 Å². The van der Waals surface area contributed by atoms with Crippen LogP contribution in [0.4, 0.5) is 11.4 Å². The predicted molar refractivity (Wildman–Crippen MR) is 145 cm³/mol. The summed E-state index contributed by atoms with van der Waals surface area (Å²) in [5.41, 5.74) is 3.51. The lowest BCUT2D eigenvalue weighted by Crippen LogP contribution is -2.38. The van der Waals surface area contributed by atoms with Crippen molar-refractivity contribution in [2.75, 3.05) is 34.4 Å². The third-order valence-corrected chi connectivity index (χ3v) is 10.5. The molecule has 186 valence electrons. The summed E-state index contributed by atoms with van der Waals surface area (Å²) in [4.78, 5) is 21.2. The highest BCUT2D eigenvalue weighted by molar-refractivity contribution is 8.16. The van der Waals surface area contributed by atoms with Crippen molar-refractivity contribution in [2.45, 2.75) is 44.4 Å². The average molecular weight is 512 g/mol. The molecule has 8 heteroatoms. The third-order valence-electron chi connectivity index (χ3n) is 7.24. The molecule has 0 saturated carbocycles. The van der Waals surface area contributed by atoms with Crippen LogP contribution in [0.25, 0.3) is 0 Å². The Kier molecular flexibility index (Phi) is 6.95. The van der Waals surface area contributed by atoms with Gasteiger partial charge in [0.1, 0.15) is 0 Å². The van der Waals surface area contributed by atoms with E-state index in [2.05, 4.69) is 64.5 Å². The van der Waals surface area contributed by atoms with Crippen LogP contribution in [0.15, 0.2) is 59.6 Å². The molecule has 0 spiro atoms. The molecule has 3 heterocycles. The van der Waals surface area contributed by atoms with Gasteiger partial charge in [0.25, 0.3) is 5.91 Å². The van der Waals surface area contributed by atoms with E-state index in [0.29, 0.717) is 11.1 Å². The highest BCUT2D eigenvalue weighted by Gasteiger charge is 2.49. The molecule has 0 aliphatic carbocycles. The van der Waals surface area contributed by atoms with Crippen molar-refractivity contribution < 1.29 is 13.2 Å². The maximum atomic E-state index is 12.4. The fourth-order valence-electron chi connectivity index (χ4n) is 5.26. The van der Waals surface area contributed by atoms with E-state index < -0.39 is 9.84 Å². The molecule has 3 saturated heterocycles. The molecule has 5 rings (SSSR count). The molecule has 0 bridgehead atoms. The van der Waals surface area contributed by atoms with Gasteiger partial charge in [-0.05, 0) is 55.0 Å². The van der Waals surface area contributed by atoms with Crippen LogP contribution in [-0.2, 0) is 21.1 Å². The largest absolute Gasteiger partial charge is 0.372 e. The number of amides is 1. The molecule has 2 atom stereocenters. The van der Waals surface area contributed by atoms with Gasteiger partial charge in [0.05, 0.1) is 17.5 Å². The number of benzene rings is 2. The van der Waals surface area contributed by atoms with Gasteiger partial charge in [-0.25, -0.2) is 8.42 Å². The molecule has 2 unspecified atom stereocenters. The van der Waals surface area contributed by atoms with Crippen LogP contribution in [0.5, 0.6) is 0 Å². The van der Waals surface area contributed by atoms with Crippen LogP contribution in [0.2, 0.25) is 0 Å². The SMILES string of the molecule is CC(C)C(=O)N=C1SC2CS(=O)(=O)CC2N1c1ccc(N2CCC(Cc3ccccc3)CC2)cc1. The summed E-state index contributed by atoms with van der Waals surface area (Å²) in [6.45, 7) is 5.74. The smallest absolute Gasteiger partial charge is 0.250 e. The first kappa shape index (κ1) is 24.4. The summed E-state index contributed by atoms with van der Waals surface area (Å²) in [5, 5.41) is 0.546. The number of rotatable bonds is 5. The van der Waals surface area contributed by atoms with Crippen LogP contribution in [0.3, 0.4) is 0 Å². The fourth-order valence-corrected chi connectivity index (χ4v) is 9.18. The molecule has 0 N–H and O–H groups in total. The van der Waals surface area contributed by atoms with E-state index in [1.165, 1.54) is 35.9 Å². The maximum absolute atomic E-state index is 12.4. The third kappa shape index (κ3) is 5.43. The van der Waals surface area contributed by atoms with Gasteiger partial charge in [-0.3, -0.25) is 4.79 Å². The second kappa shape index (κ2) is 9.97. The number of carbonyl (C=O) groups excluding carboxylic acids is 1. The predicted octanol–water partition coefficient (Wildman–Crippen LogP) is 4.40. The van der Waals surface area contributed by atoms with E-state index in [1.807, 2.05) is 18.7 Å². The Hall–Kier alpha value is -2.32. The van der Waals surface area contributed by atoms with E-state index in [4.69, 9.17) is 0 Å². The van der Waals surface area contributed by atoms with E-state index in [1.54, 1.807) is 0 Å². The fraction of sp³-hybridized carbons (Fsp3) is 0.481. The second-order valence-corrected chi connectivity index (χ2v) is 13.6. The van der Waals surface area contributed by atoms with Gasteiger partial charge in [-0.1, -0.05) is 55.9 Å². The molecule has 1 amide bonds. The van der Waals surface area contributed by atoms with Gasteiger partial charge in [0, 0.05) is 35.6 Å². The number of hydrogen-bond donors (Lipinski definition) is 0. The Balaban J connectivity index is 1.29. The van der Waals surface area contributed by atoms with Crippen molar-refractivity contribution in [2.24, 2.45) is 16.8 Å². The first-order valence-corrected chi connectivity index (χ1v) is 15.2. The zero-order valence-corrected chi connectivity index (χ0v) is 22.0. The van der Waals surface area contributed by atoms with Gasteiger partial charge in [0.15, 0.2) is 15.0 Å². The molecule has 3 aliphatic rings. The monoisotopic (exact) mass is 511 g/mol. The normalized spacial score (nSPS) is 25.4. The number of thioether (sulfide) groups is 1. The van der Waals surface area contributed by atoms with Crippen LogP contribution >= 0.6 is 11.8 Å². The van der Waals surface area contributed by atoms with Crippen molar-refractivity contribution in [3.63, 3.8) is 0 Å². The van der Waals surface area contributed by atoms with Crippen LogP contribution in [-0.4, -0.2) is 55.4 Å². The van der Waals surface area contributed by atoms with Crippen molar-refractivity contribution >= 4 is 44.0 Å². The number of fused-ring (bicyclic) bond motifs is 1. The van der Waals surface area contributed by atoms with Crippen LogP contribution in [0.1, 0.15) is 32.3 Å². The topological polar surface area (TPSA) is 70.0 Å². The summed E-state index contributed by atoms with van der Waals surface area (Å²) in [5.74, 6) is 0.602. The standard InChI is InChI=1S/C27H33N3O3S2/c1-19(2)26(31)28-27-30(24-17-35(32,33)18-25(24)34-27)23-10-8-22(9-11-23)29-14-12-21(13-15-29)16-20-6-4-3-5-7-20/h3-11,19,21,24-25H,12-18H2,1-2H3. The Bertz CT molecular complexity index is 1190. The lowest BCUT2D eigenvalue weighted by Gasteiger charge is -2.34. The second-order valence-electron chi connectivity index (χ2n) is 10.2. The maximum Gasteiger partial charge on any atom is 0.250 e. The average Bonchev–Trinajstić information content (AvgIpc) is 3.31. The number of anilines is 2. The zero-order valence-electron chi connectivity index (χ0n) is 20.3.